The molecule has 2 aliphatic heterocycles. The molecular weight excluding hydrogens is 571 g/mol. The molecule has 0 bridgehead atoms. The fraction of sp³-hybridized carbons (Fsp3) is 0.556. The highest BCUT2D eigenvalue weighted by Gasteiger charge is 2.50. The fourth-order valence-corrected chi connectivity index (χ4v) is 6.67. The summed E-state index contributed by atoms with van der Waals surface area (Å²) >= 11 is 0. The van der Waals surface area contributed by atoms with Crippen molar-refractivity contribution in [2.24, 2.45) is 17.8 Å². The third-order valence-electron chi connectivity index (χ3n) is 8.43. The van der Waals surface area contributed by atoms with Crippen LogP contribution in [0.4, 0.5) is 0 Å². The van der Waals surface area contributed by atoms with Gasteiger partial charge in [-0.2, -0.15) is 0 Å². The number of ether oxygens (including phenoxy) is 2. The first-order chi connectivity index (χ1) is 20.1. The van der Waals surface area contributed by atoms with Crippen molar-refractivity contribution in [3.05, 3.63) is 30.0 Å². The van der Waals surface area contributed by atoms with Crippen molar-refractivity contribution in [1.29, 1.82) is 0 Å². The lowest BCUT2D eigenvalue weighted by atomic mass is 9.92. The molecule has 228 valence electrons. The van der Waals surface area contributed by atoms with Gasteiger partial charge in [0.05, 0.1) is 13.2 Å². The SMILES string of the molecule is COc1cccc2[nH]c(C(=O)N3C[C@@H]4CCC[C@@H]4[C@H]3C(=O)NC(C[C@@H]3CCNC3=O)C(=O)COCOP(=O)(O)O)cc12. The number of Topliss-reactive ketones (excluding diaryl/α,β-unsaturated/α-hetero) is 1. The molecule has 14 nitrogen and oxygen atoms in total. The number of aromatic amines is 1. The molecule has 2 aromatic rings. The maximum Gasteiger partial charge on any atom is 0.471 e. The number of rotatable bonds is 12. The van der Waals surface area contributed by atoms with Crippen molar-refractivity contribution in [2.45, 2.75) is 44.2 Å². The van der Waals surface area contributed by atoms with E-state index in [-0.39, 0.29) is 30.1 Å². The van der Waals surface area contributed by atoms with Gasteiger partial charge in [-0.15, -0.1) is 0 Å². The van der Waals surface area contributed by atoms with E-state index in [9.17, 15) is 23.7 Å². The van der Waals surface area contributed by atoms with Crippen LogP contribution in [-0.4, -0.2) is 88.9 Å². The summed E-state index contributed by atoms with van der Waals surface area (Å²) in [7, 11) is -3.24. The van der Waals surface area contributed by atoms with Crippen LogP contribution in [0.5, 0.6) is 5.75 Å². The summed E-state index contributed by atoms with van der Waals surface area (Å²) in [5, 5.41) is 6.25. The van der Waals surface area contributed by atoms with Crippen LogP contribution in [0.15, 0.2) is 24.3 Å². The van der Waals surface area contributed by atoms with Gasteiger partial charge in [-0.25, -0.2) is 4.57 Å². The molecule has 5 N–H and O–H groups in total. The molecule has 1 aromatic heterocycles. The first-order valence-corrected chi connectivity index (χ1v) is 15.4. The molecule has 2 saturated heterocycles. The number of benzene rings is 1. The highest BCUT2D eigenvalue weighted by molar-refractivity contribution is 7.46. The van der Waals surface area contributed by atoms with Crippen LogP contribution in [0.3, 0.4) is 0 Å². The minimum Gasteiger partial charge on any atom is -0.496 e. The number of amides is 3. The number of likely N-dealkylation sites (tertiary alicyclic amines) is 1. The van der Waals surface area contributed by atoms with Crippen LogP contribution in [0.2, 0.25) is 0 Å². The number of phosphoric acid groups is 1. The maximum atomic E-state index is 13.9. The molecule has 1 unspecified atom stereocenters. The van der Waals surface area contributed by atoms with Crippen molar-refractivity contribution in [2.75, 3.05) is 33.6 Å². The zero-order valence-corrected chi connectivity index (χ0v) is 24.0. The van der Waals surface area contributed by atoms with Gasteiger partial charge in [0.1, 0.15) is 24.1 Å². The van der Waals surface area contributed by atoms with E-state index in [4.69, 9.17) is 19.3 Å². The Hall–Kier alpha value is -3.29. The first-order valence-electron chi connectivity index (χ1n) is 13.9. The van der Waals surface area contributed by atoms with Crippen LogP contribution in [-0.2, 0) is 28.2 Å². The van der Waals surface area contributed by atoms with Gasteiger partial charge in [0.15, 0.2) is 12.6 Å². The number of carbonyl (C=O) groups excluding carboxylic acids is 4. The normalized spacial score (nSPS) is 24.5. The molecule has 5 rings (SSSR count). The van der Waals surface area contributed by atoms with Crippen molar-refractivity contribution in [3.63, 3.8) is 0 Å². The number of methoxy groups -OCH3 is 1. The van der Waals surface area contributed by atoms with E-state index in [0.29, 0.717) is 31.0 Å². The second-order valence-electron chi connectivity index (χ2n) is 11.0. The highest BCUT2D eigenvalue weighted by atomic mass is 31.2. The molecule has 1 aromatic carbocycles. The first kappa shape index (κ1) is 30.2. The van der Waals surface area contributed by atoms with E-state index in [1.54, 1.807) is 24.1 Å². The van der Waals surface area contributed by atoms with Crippen molar-refractivity contribution in [3.8, 4) is 5.75 Å². The lowest BCUT2D eigenvalue weighted by Crippen LogP contribution is -2.53. The number of aromatic nitrogens is 1. The lowest BCUT2D eigenvalue weighted by molar-refractivity contribution is -0.135. The van der Waals surface area contributed by atoms with Crippen LogP contribution < -0.4 is 15.4 Å². The van der Waals surface area contributed by atoms with Gasteiger partial charge in [0.2, 0.25) is 11.8 Å². The van der Waals surface area contributed by atoms with E-state index in [1.807, 2.05) is 12.1 Å². The minimum atomic E-state index is -4.79. The van der Waals surface area contributed by atoms with Gasteiger partial charge < -0.3 is 39.8 Å². The summed E-state index contributed by atoms with van der Waals surface area (Å²) < 4.78 is 25.5. The lowest BCUT2D eigenvalue weighted by Gasteiger charge is -2.29. The molecule has 15 heteroatoms. The zero-order valence-electron chi connectivity index (χ0n) is 23.1. The number of nitrogens with one attached hydrogen (secondary N) is 3. The standard InChI is InChI=1S/C27H35N4O10P/c1-39-23-7-3-6-19-18(23)11-21(29-19)27(35)31-12-16-4-2-5-17(16)24(31)26(34)30-20(10-15-8-9-28-25(15)33)22(32)13-40-14-41-42(36,37)38/h3,6-7,11,15-17,20,24,29H,2,4-5,8-10,12-14H2,1H3,(H,28,33)(H,30,34)(H2,36,37,38)/t15-,16-,17-,20?,24-/m0/s1. The van der Waals surface area contributed by atoms with E-state index in [2.05, 4.69) is 20.1 Å². The van der Waals surface area contributed by atoms with Crippen LogP contribution in [0.25, 0.3) is 10.9 Å². The van der Waals surface area contributed by atoms with Crippen molar-refractivity contribution < 1.29 is 47.5 Å². The van der Waals surface area contributed by atoms with E-state index in [1.165, 1.54) is 0 Å². The summed E-state index contributed by atoms with van der Waals surface area (Å²) in [4.78, 5) is 75.4. The maximum absolute atomic E-state index is 13.9. The summed E-state index contributed by atoms with van der Waals surface area (Å²) in [6, 6.07) is 5.22. The van der Waals surface area contributed by atoms with Crippen LogP contribution in [0, 0.1) is 17.8 Å². The summed E-state index contributed by atoms with van der Waals surface area (Å²) in [6.07, 6.45) is 3.10. The van der Waals surface area contributed by atoms with Gasteiger partial charge in [0, 0.05) is 29.9 Å². The third kappa shape index (κ3) is 6.52. The van der Waals surface area contributed by atoms with Gasteiger partial charge in [-0.3, -0.25) is 23.7 Å². The average molecular weight is 607 g/mol. The summed E-state index contributed by atoms with van der Waals surface area (Å²) in [5.74, 6) is -1.46. The summed E-state index contributed by atoms with van der Waals surface area (Å²) in [5.41, 5.74) is 1.04. The molecule has 3 heterocycles. The van der Waals surface area contributed by atoms with Crippen molar-refractivity contribution in [1.82, 2.24) is 20.5 Å². The third-order valence-corrected chi connectivity index (χ3v) is 8.87. The predicted octanol–water partition coefficient (Wildman–Crippen LogP) is 1.08. The number of nitrogens with zero attached hydrogens (tertiary/aromatic N) is 1. The smallest absolute Gasteiger partial charge is 0.471 e. The molecule has 42 heavy (non-hydrogen) atoms. The number of carbonyl (C=O) groups is 4. The van der Waals surface area contributed by atoms with Gasteiger partial charge in [-0.1, -0.05) is 12.5 Å². The number of ketones is 1. The molecular formula is C27H35N4O10P. The van der Waals surface area contributed by atoms with Gasteiger partial charge in [-0.05, 0) is 55.7 Å². The largest absolute Gasteiger partial charge is 0.496 e. The Labute approximate surface area is 241 Å². The Kier molecular flexibility index (Phi) is 9.00. The van der Waals surface area contributed by atoms with Crippen molar-refractivity contribution >= 4 is 42.2 Å². The van der Waals surface area contributed by atoms with E-state index >= 15 is 0 Å². The molecule has 3 fully saturated rings. The predicted molar refractivity (Wildman–Crippen MR) is 147 cm³/mol. The molecule has 1 saturated carbocycles. The highest BCUT2D eigenvalue weighted by Crippen LogP contribution is 2.43. The monoisotopic (exact) mass is 606 g/mol. The number of hydrogen-bond acceptors (Lipinski definition) is 8. The zero-order chi connectivity index (χ0) is 30.0. The molecule has 3 amide bonds. The number of H-pyrrole nitrogens is 1. The fourth-order valence-electron chi connectivity index (χ4n) is 6.46. The topological polar surface area (TPSA) is 197 Å². The molecule has 0 spiro atoms. The molecule has 0 radical (unpaired) electrons. The minimum absolute atomic E-state index is 0.0235. The Morgan fingerprint density at radius 1 is 1.21 bits per heavy atom. The average Bonchev–Trinajstić information content (AvgIpc) is 3.73. The van der Waals surface area contributed by atoms with Crippen LogP contribution in [0.1, 0.15) is 42.6 Å². The van der Waals surface area contributed by atoms with Gasteiger partial charge in [0.25, 0.3) is 5.91 Å². The Balaban J connectivity index is 1.34. The van der Waals surface area contributed by atoms with Crippen LogP contribution >= 0.6 is 7.82 Å². The number of fused-ring (bicyclic) bond motifs is 2. The Morgan fingerprint density at radius 2 is 2.02 bits per heavy atom. The van der Waals surface area contributed by atoms with E-state index in [0.717, 1.165) is 30.2 Å². The number of hydrogen-bond donors (Lipinski definition) is 5. The second-order valence-corrected chi connectivity index (χ2v) is 12.2. The Morgan fingerprint density at radius 3 is 2.74 bits per heavy atom. The molecule has 5 atom stereocenters. The van der Waals surface area contributed by atoms with E-state index < -0.39 is 50.9 Å². The Bertz CT molecular complexity index is 1410. The van der Waals surface area contributed by atoms with Gasteiger partial charge >= 0.3 is 7.82 Å². The number of phosphoric ester groups is 1. The summed E-state index contributed by atoms with van der Waals surface area (Å²) in [6.45, 7) is -0.574. The second kappa shape index (κ2) is 12.5. The molecule has 1 aliphatic carbocycles. The molecule has 3 aliphatic rings. The quantitative estimate of drug-likeness (QED) is 0.132.